The fourth-order valence-electron chi connectivity index (χ4n) is 7.41. The van der Waals surface area contributed by atoms with Crippen molar-refractivity contribution in [3.05, 3.63) is 72.3 Å². The van der Waals surface area contributed by atoms with Gasteiger partial charge in [0.05, 0.1) is 23.2 Å². The minimum absolute atomic E-state index is 0. The Morgan fingerprint density at radius 3 is 1.78 bits per heavy atom. The summed E-state index contributed by atoms with van der Waals surface area (Å²) in [7, 11) is 0. The van der Waals surface area contributed by atoms with E-state index in [1.807, 2.05) is 0 Å². The van der Waals surface area contributed by atoms with E-state index in [9.17, 15) is 0 Å². The summed E-state index contributed by atoms with van der Waals surface area (Å²) in [5.41, 5.74) is 16.9. The van der Waals surface area contributed by atoms with Crippen molar-refractivity contribution < 1.29 is 21.1 Å². The second kappa shape index (κ2) is 13.2. The van der Waals surface area contributed by atoms with Crippen molar-refractivity contribution in [2.45, 2.75) is 119 Å². The van der Waals surface area contributed by atoms with Gasteiger partial charge < -0.3 is 9.97 Å². The topological polar surface area (TPSA) is 54.6 Å². The third-order valence-corrected chi connectivity index (χ3v) is 9.26. The van der Waals surface area contributed by atoms with E-state index in [4.69, 9.17) is 15.0 Å². The number of aliphatic imine (C=N–C) groups is 2. The first-order valence-corrected chi connectivity index (χ1v) is 15.9. The van der Waals surface area contributed by atoms with E-state index in [1.54, 1.807) is 0 Å². The number of fused-ring (bicyclic) bond motifs is 6. The molecule has 0 aromatic carbocycles. The van der Waals surface area contributed by atoms with Gasteiger partial charge in [-0.05, 0) is 103 Å². The molecule has 3 aliphatic heterocycles. The summed E-state index contributed by atoms with van der Waals surface area (Å²) >= 11 is 0. The smallest absolute Gasteiger partial charge is 0.0745 e. The molecule has 222 valence electrons. The van der Waals surface area contributed by atoms with Crippen LogP contribution in [0.1, 0.15) is 115 Å². The Bertz CT molecular complexity index is 1600. The van der Waals surface area contributed by atoms with Crippen molar-refractivity contribution in [2.75, 3.05) is 0 Å². The second-order valence-electron chi connectivity index (χ2n) is 11.1. The standard InChI is InChI=1S/C36H47N4.Pt/c1-9-21-22(10-2)30-18-32-25(13-5)26(14-6)34(39-32)20-36-28(16-8)27(15-7)35(40-36)19-33-24(12-4)23(11-3)31(38-33)17-29(21)37-30;/h17-19,34,37H,9-16,20H2,1-8H3;/q-1;/b29-17-,30-18-,33-19-;. The molecule has 5 rings (SSSR count). The Morgan fingerprint density at radius 2 is 1.24 bits per heavy atom. The number of H-pyrrole nitrogens is 1. The predicted molar refractivity (Wildman–Crippen MR) is 172 cm³/mol. The molecule has 0 amide bonds. The summed E-state index contributed by atoms with van der Waals surface area (Å²) < 4.78 is 0. The zero-order chi connectivity index (χ0) is 28.6. The van der Waals surface area contributed by atoms with E-state index in [1.165, 1.54) is 60.9 Å². The summed E-state index contributed by atoms with van der Waals surface area (Å²) in [4.78, 5) is 19.9. The molecular formula is C36H47N4Pt-. The predicted octanol–water partition coefficient (Wildman–Crippen LogP) is 6.89. The van der Waals surface area contributed by atoms with E-state index >= 15 is 0 Å². The molecule has 1 unspecified atom stereocenters. The third kappa shape index (κ3) is 5.42. The van der Waals surface area contributed by atoms with E-state index in [-0.39, 0.29) is 27.1 Å². The first-order valence-electron chi connectivity index (χ1n) is 15.9. The van der Waals surface area contributed by atoms with Gasteiger partial charge in [0.1, 0.15) is 0 Å². The Kier molecular flexibility index (Phi) is 10.2. The zero-order valence-corrected chi connectivity index (χ0v) is 28.6. The quantitative estimate of drug-likeness (QED) is 0.316. The molecule has 5 heteroatoms. The molecule has 0 saturated heterocycles. The summed E-state index contributed by atoms with van der Waals surface area (Å²) in [5, 5.41) is 2.41. The molecule has 0 spiro atoms. The average molecular weight is 731 g/mol. The molecule has 1 N–H and O–H groups in total. The van der Waals surface area contributed by atoms with Gasteiger partial charge in [-0.3, -0.25) is 4.99 Å². The summed E-state index contributed by atoms with van der Waals surface area (Å²) in [6.07, 6.45) is 15.8. The van der Waals surface area contributed by atoms with Gasteiger partial charge in [-0.2, -0.15) is 5.69 Å². The summed E-state index contributed by atoms with van der Waals surface area (Å²) in [5.74, 6) is 0. The summed E-state index contributed by atoms with van der Waals surface area (Å²) in [6, 6.07) is 0.162. The maximum absolute atomic E-state index is 5.41. The van der Waals surface area contributed by atoms with Crippen LogP contribution in [0.25, 0.3) is 18.2 Å². The fourth-order valence-corrected chi connectivity index (χ4v) is 7.41. The maximum atomic E-state index is 5.41. The Labute approximate surface area is 261 Å². The molecule has 2 aromatic heterocycles. The average Bonchev–Trinajstić information content (AvgIpc) is 3.67. The minimum Gasteiger partial charge on any atom is -0.661 e. The number of aromatic nitrogens is 2. The van der Waals surface area contributed by atoms with Gasteiger partial charge in [0.2, 0.25) is 0 Å². The van der Waals surface area contributed by atoms with Crippen LogP contribution in [0.5, 0.6) is 0 Å². The van der Waals surface area contributed by atoms with Crippen molar-refractivity contribution in [1.29, 1.82) is 0 Å². The molecule has 5 heterocycles. The molecule has 0 saturated carbocycles. The Morgan fingerprint density at radius 1 is 0.659 bits per heavy atom. The van der Waals surface area contributed by atoms with Crippen LogP contribution in [-0.4, -0.2) is 22.4 Å². The Balaban J connectivity index is 0.00000387. The van der Waals surface area contributed by atoms with Crippen molar-refractivity contribution in [3.63, 3.8) is 0 Å². The first-order chi connectivity index (χ1) is 19.5. The molecule has 41 heavy (non-hydrogen) atoms. The second-order valence-corrected chi connectivity index (χ2v) is 11.1. The van der Waals surface area contributed by atoms with E-state index in [0.29, 0.717) is 0 Å². The molecule has 0 radical (unpaired) electrons. The van der Waals surface area contributed by atoms with Gasteiger partial charge in [0.15, 0.2) is 0 Å². The number of hydrogen-bond acceptors (Lipinski definition) is 2. The molecule has 1 atom stereocenters. The Hall–Kier alpha value is -2.45. The number of rotatable bonds is 8. The SMILES string of the molecule is CCC1=C(CC)/C2=C/c3[n-]c(c(CC)c3CC)CC3N=C(/C=c4\[nH]/c(c(CC)c4CC)=C\C1=N2)C(CC)=C3CC.[Pt]. The van der Waals surface area contributed by atoms with Gasteiger partial charge in [-0.1, -0.05) is 72.6 Å². The number of allylic oxidation sites excluding steroid dienone is 3. The monoisotopic (exact) mass is 730 g/mol. The van der Waals surface area contributed by atoms with Gasteiger partial charge in [0.25, 0.3) is 0 Å². The van der Waals surface area contributed by atoms with Crippen LogP contribution in [0.2, 0.25) is 0 Å². The van der Waals surface area contributed by atoms with E-state index < -0.39 is 0 Å². The number of nitrogens with one attached hydrogen (secondary N) is 1. The maximum Gasteiger partial charge on any atom is 0.0745 e. The first kappa shape index (κ1) is 31.5. The number of hydrogen-bond donors (Lipinski definition) is 1. The van der Waals surface area contributed by atoms with Crippen molar-refractivity contribution >= 4 is 29.7 Å². The van der Waals surface area contributed by atoms with Crippen LogP contribution in [-0.2, 0) is 53.2 Å². The largest absolute Gasteiger partial charge is 0.661 e. The van der Waals surface area contributed by atoms with Crippen LogP contribution < -0.4 is 15.7 Å². The number of aromatic amines is 1. The molecule has 4 nitrogen and oxygen atoms in total. The van der Waals surface area contributed by atoms with Gasteiger partial charge in [-0.25, -0.2) is 4.99 Å². The molecule has 2 aromatic rings. The molecule has 8 bridgehead atoms. The van der Waals surface area contributed by atoms with Crippen molar-refractivity contribution in [1.82, 2.24) is 9.97 Å². The van der Waals surface area contributed by atoms with Gasteiger partial charge in [-0.15, -0.1) is 5.69 Å². The normalized spacial score (nSPS) is 21.1. The molecule has 0 aliphatic carbocycles. The van der Waals surface area contributed by atoms with Crippen molar-refractivity contribution in [3.8, 4) is 0 Å². The molecular weight excluding hydrogens is 684 g/mol. The van der Waals surface area contributed by atoms with Gasteiger partial charge in [0, 0.05) is 31.8 Å². The number of nitrogens with zero attached hydrogens (tertiary/aromatic N) is 3. The van der Waals surface area contributed by atoms with Crippen LogP contribution in [0.3, 0.4) is 0 Å². The minimum atomic E-state index is 0. The van der Waals surface area contributed by atoms with Gasteiger partial charge >= 0.3 is 0 Å². The third-order valence-electron chi connectivity index (χ3n) is 9.26. The zero-order valence-electron chi connectivity index (χ0n) is 26.3. The summed E-state index contributed by atoms with van der Waals surface area (Å²) in [6.45, 7) is 18.2. The van der Waals surface area contributed by atoms with Crippen molar-refractivity contribution in [2.24, 2.45) is 9.98 Å². The van der Waals surface area contributed by atoms with E-state index in [0.717, 1.165) is 80.6 Å². The van der Waals surface area contributed by atoms with E-state index in [2.05, 4.69) is 78.6 Å². The van der Waals surface area contributed by atoms with Crippen LogP contribution in [0, 0.1) is 0 Å². The van der Waals surface area contributed by atoms with Crippen LogP contribution in [0.15, 0.2) is 38.0 Å². The molecule has 0 fully saturated rings. The molecule has 3 aliphatic rings. The van der Waals surface area contributed by atoms with Crippen LogP contribution in [0.4, 0.5) is 0 Å². The fraction of sp³-hybridized carbons (Fsp3) is 0.500. The van der Waals surface area contributed by atoms with Crippen LogP contribution >= 0.6 is 0 Å².